The van der Waals surface area contributed by atoms with Gasteiger partial charge >= 0.3 is 0 Å². The lowest BCUT2D eigenvalue weighted by Crippen LogP contribution is -2.12. The maximum atomic E-state index is 14.1. The number of hydrogen-bond acceptors (Lipinski definition) is 4. The molecule has 9 heteroatoms. The molecule has 1 amide bonds. The van der Waals surface area contributed by atoms with Gasteiger partial charge in [-0.1, -0.05) is 65.7 Å². The molecule has 0 saturated heterocycles. The third-order valence-corrected chi connectivity index (χ3v) is 5.97. The molecule has 3 aromatic carbocycles. The molecule has 0 aliphatic carbocycles. The van der Waals surface area contributed by atoms with Crippen molar-refractivity contribution in [2.75, 3.05) is 5.32 Å². The molecule has 0 radical (unpaired) electrons. The number of benzene rings is 3. The summed E-state index contributed by atoms with van der Waals surface area (Å²) in [6.07, 6.45) is 1.48. The maximum absolute atomic E-state index is 14.1. The zero-order valence-corrected chi connectivity index (χ0v) is 19.7. The first-order valence-electron chi connectivity index (χ1n) is 10.6. The Morgan fingerprint density at radius 2 is 1.80 bits per heavy atom. The molecule has 0 aliphatic heterocycles. The van der Waals surface area contributed by atoms with Gasteiger partial charge in [0.15, 0.2) is 11.6 Å². The standard InChI is InChI=1S/C26H18Cl2FN3O3/c27-20-8-4-9-22(29)19(20)13-32-14-21(28)25(31-32)30-26(33)24-12-11-17(35-24)15-34-23-10-3-6-16-5-1-2-7-18(16)23/h1-12,14H,13,15H2,(H,30,31,33). The van der Waals surface area contributed by atoms with E-state index in [0.29, 0.717) is 5.76 Å². The van der Waals surface area contributed by atoms with E-state index in [1.54, 1.807) is 18.2 Å². The van der Waals surface area contributed by atoms with Crippen molar-refractivity contribution < 1.29 is 18.3 Å². The Hall–Kier alpha value is -3.81. The fourth-order valence-corrected chi connectivity index (χ4v) is 4.05. The number of halogens is 3. The quantitative estimate of drug-likeness (QED) is 0.257. The van der Waals surface area contributed by atoms with Gasteiger partial charge in [-0.25, -0.2) is 4.39 Å². The van der Waals surface area contributed by atoms with Gasteiger partial charge in [0.1, 0.15) is 29.0 Å². The number of hydrogen-bond donors (Lipinski definition) is 1. The predicted octanol–water partition coefficient (Wildman–Crippen LogP) is 6.95. The van der Waals surface area contributed by atoms with Crippen LogP contribution in [-0.2, 0) is 13.2 Å². The summed E-state index contributed by atoms with van der Waals surface area (Å²) in [5.41, 5.74) is 0.271. The van der Waals surface area contributed by atoms with Crippen molar-refractivity contribution in [3.05, 3.63) is 112 Å². The van der Waals surface area contributed by atoms with Crippen LogP contribution in [0.1, 0.15) is 21.9 Å². The first kappa shape index (κ1) is 23.0. The van der Waals surface area contributed by atoms with E-state index in [2.05, 4.69) is 10.4 Å². The Morgan fingerprint density at radius 1 is 1.00 bits per heavy atom. The van der Waals surface area contributed by atoms with Crippen LogP contribution in [0.3, 0.4) is 0 Å². The van der Waals surface area contributed by atoms with Crippen molar-refractivity contribution in [1.29, 1.82) is 0 Å². The lowest BCUT2D eigenvalue weighted by atomic mass is 10.1. The van der Waals surface area contributed by atoms with Crippen molar-refractivity contribution in [2.45, 2.75) is 13.2 Å². The SMILES string of the molecule is O=C(Nc1nn(Cc2c(F)cccc2Cl)cc1Cl)c1ccc(COc2cccc3ccccc23)o1. The van der Waals surface area contributed by atoms with E-state index in [-0.39, 0.29) is 40.3 Å². The first-order valence-corrected chi connectivity index (χ1v) is 11.4. The Kier molecular flexibility index (Phi) is 6.44. The highest BCUT2D eigenvalue weighted by molar-refractivity contribution is 6.33. The fraction of sp³-hybridized carbons (Fsp3) is 0.0769. The number of carbonyl (C=O) groups excluding carboxylic acids is 1. The minimum atomic E-state index is -0.530. The van der Waals surface area contributed by atoms with Crippen LogP contribution in [0.4, 0.5) is 10.2 Å². The van der Waals surface area contributed by atoms with Crippen LogP contribution in [0, 0.1) is 5.82 Å². The van der Waals surface area contributed by atoms with Crippen LogP contribution in [0.15, 0.2) is 83.4 Å². The topological polar surface area (TPSA) is 69.3 Å². The van der Waals surface area contributed by atoms with Gasteiger partial charge in [-0.05, 0) is 35.7 Å². The average molecular weight is 510 g/mol. The van der Waals surface area contributed by atoms with Crippen LogP contribution >= 0.6 is 23.2 Å². The van der Waals surface area contributed by atoms with Gasteiger partial charge in [0.05, 0.1) is 6.54 Å². The van der Waals surface area contributed by atoms with Crippen molar-refractivity contribution in [3.63, 3.8) is 0 Å². The van der Waals surface area contributed by atoms with Gasteiger partial charge in [-0.3, -0.25) is 9.48 Å². The van der Waals surface area contributed by atoms with Gasteiger partial charge in [0.2, 0.25) is 0 Å². The first-order chi connectivity index (χ1) is 17.0. The molecule has 1 N–H and O–H groups in total. The second kappa shape index (κ2) is 9.82. The molecule has 0 unspecified atom stereocenters. The van der Waals surface area contributed by atoms with Crippen LogP contribution < -0.4 is 10.1 Å². The summed E-state index contributed by atoms with van der Waals surface area (Å²) in [6.45, 7) is 0.206. The zero-order valence-electron chi connectivity index (χ0n) is 18.2. The smallest absolute Gasteiger partial charge is 0.292 e. The van der Waals surface area contributed by atoms with Crippen molar-refractivity contribution in [2.24, 2.45) is 0 Å². The molecular weight excluding hydrogens is 492 g/mol. The summed E-state index contributed by atoms with van der Waals surface area (Å²) in [7, 11) is 0. The molecule has 6 nitrogen and oxygen atoms in total. The molecule has 0 atom stereocenters. The number of fused-ring (bicyclic) bond motifs is 1. The Balaban J connectivity index is 1.25. The van der Waals surface area contributed by atoms with E-state index >= 15 is 0 Å². The number of furan rings is 1. The van der Waals surface area contributed by atoms with Gasteiger partial charge in [0, 0.05) is 22.2 Å². The van der Waals surface area contributed by atoms with E-state index < -0.39 is 11.7 Å². The molecule has 5 rings (SSSR count). The summed E-state index contributed by atoms with van der Waals surface area (Å²) >= 11 is 12.3. The molecular formula is C26H18Cl2FN3O3. The second-order valence-corrected chi connectivity index (χ2v) is 8.52. The summed E-state index contributed by atoms with van der Waals surface area (Å²) in [5.74, 6) is 0.408. The number of anilines is 1. The van der Waals surface area contributed by atoms with Crippen LogP contribution in [0.5, 0.6) is 5.75 Å². The van der Waals surface area contributed by atoms with Crippen LogP contribution in [0.25, 0.3) is 10.8 Å². The molecule has 0 fully saturated rings. The average Bonchev–Trinajstić information content (AvgIpc) is 3.47. The molecule has 0 aliphatic rings. The summed E-state index contributed by atoms with van der Waals surface area (Å²) in [5, 5.41) is 9.36. The number of amides is 1. The number of rotatable bonds is 7. The third kappa shape index (κ3) is 5.01. The highest BCUT2D eigenvalue weighted by Gasteiger charge is 2.17. The molecule has 176 valence electrons. The third-order valence-electron chi connectivity index (χ3n) is 5.34. The Labute approximate surface area is 209 Å². The van der Waals surface area contributed by atoms with Gasteiger partial charge in [-0.15, -0.1) is 0 Å². The number of carbonyl (C=O) groups is 1. The lowest BCUT2D eigenvalue weighted by molar-refractivity contribution is 0.0992. The highest BCUT2D eigenvalue weighted by Crippen LogP contribution is 2.27. The van der Waals surface area contributed by atoms with E-state index in [9.17, 15) is 9.18 Å². The molecule has 5 aromatic rings. The number of aromatic nitrogens is 2. The highest BCUT2D eigenvalue weighted by atomic mass is 35.5. The van der Waals surface area contributed by atoms with Crippen molar-refractivity contribution >= 4 is 45.7 Å². The van der Waals surface area contributed by atoms with Gasteiger partial charge < -0.3 is 14.5 Å². The van der Waals surface area contributed by atoms with Crippen LogP contribution in [0.2, 0.25) is 10.0 Å². The largest absolute Gasteiger partial charge is 0.485 e. The fourth-order valence-electron chi connectivity index (χ4n) is 3.63. The lowest BCUT2D eigenvalue weighted by Gasteiger charge is -2.08. The Morgan fingerprint density at radius 3 is 2.66 bits per heavy atom. The second-order valence-electron chi connectivity index (χ2n) is 7.71. The minimum absolute atomic E-state index is 0.0531. The van der Waals surface area contributed by atoms with E-state index in [0.717, 1.165) is 16.5 Å². The van der Waals surface area contributed by atoms with E-state index in [1.807, 2.05) is 42.5 Å². The summed E-state index contributed by atoms with van der Waals surface area (Å²) in [4.78, 5) is 12.7. The normalized spacial score (nSPS) is 11.1. The number of ether oxygens (including phenoxy) is 1. The van der Waals surface area contributed by atoms with E-state index in [4.69, 9.17) is 32.4 Å². The predicted molar refractivity (Wildman–Crippen MR) is 133 cm³/mol. The van der Waals surface area contributed by atoms with E-state index in [1.165, 1.54) is 23.0 Å². The maximum Gasteiger partial charge on any atom is 0.292 e. The molecule has 0 bridgehead atoms. The zero-order chi connectivity index (χ0) is 24.4. The summed E-state index contributed by atoms with van der Waals surface area (Å²) in [6, 6.07) is 21.3. The molecule has 2 heterocycles. The molecule has 35 heavy (non-hydrogen) atoms. The van der Waals surface area contributed by atoms with Gasteiger partial charge in [0.25, 0.3) is 5.91 Å². The van der Waals surface area contributed by atoms with Crippen LogP contribution in [-0.4, -0.2) is 15.7 Å². The number of nitrogens with zero attached hydrogens (tertiary/aromatic N) is 2. The number of nitrogens with one attached hydrogen (secondary N) is 1. The van der Waals surface area contributed by atoms with Gasteiger partial charge in [-0.2, -0.15) is 5.10 Å². The summed E-state index contributed by atoms with van der Waals surface area (Å²) < 4.78 is 27.0. The minimum Gasteiger partial charge on any atom is -0.485 e. The monoisotopic (exact) mass is 509 g/mol. The molecule has 0 spiro atoms. The molecule has 0 saturated carbocycles. The van der Waals surface area contributed by atoms with Crippen molar-refractivity contribution in [1.82, 2.24) is 9.78 Å². The Bertz CT molecular complexity index is 1500. The van der Waals surface area contributed by atoms with Crippen molar-refractivity contribution in [3.8, 4) is 5.75 Å². The molecule has 2 aromatic heterocycles.